The first-order valence-corrected chi connectivity index (χ1v) is 21.6. The largest absolute Gasteiger partial charge is 1.00 e. The Morgan fingerprint density at radius 3 is 1.60 bits per heavy atom. The smallest absolute Gasteiger partial charge is 0.00455 e. The van der Waals surface area contributed by atoms with Crippen molar-refractivity contribution < 1.29 is 49.0 Å². The normalized spacial score (nSPS) is 43.0. The van der Waals surface area contributed by atoms with Crippen molar-refractivity contribution in [2.24, 2.45) is 67.5 Å². The van der Waals surface area contributed by atoms with Crippen LogP contribution < -0.4 is 24.8 Å². The Hall–Kier alpha value is -0.747. The van der Waals surface area contributed by atoms with Crippen molar-refractivity contribution >= 4 is 3.21 Å². The van der Waals surface area contributed by atoms with Gasteiger partial charge < -0.3 is 31.2 Å². The summed E-state index contributed by atoms with van der Waals surface area (Å²) in [5.74, 6) is 4.39. The van der Waals surface area contributed by atoms with Gasteiger partial charge in [0.05, 0.1) is 0 Å². The second kappa shape index (κ2) is 16.0. The molecule has 284 valence electrons. The third-order valence-corrected chi connectivity index (χ3v) is 20.1. The van der Waals surface area contributed by atoms with Gasteiger partial charge in [-0.15, -0.1) is 23.8 Å². The van der Waals surface area contributed by atoms with E-state index in [2.05, 4.69) is 155 Å². The fourth-order valence-corrected chi connectivity index (χ4v) is 14.6. The van der Waals surface area contributed by atoms with Gasteiger partial charge in [0.15, 0.2) is 0 Å². The van der Waals surface area contributed by atoms with Crippen molar-refractivity contribution in [3.63, 3.8) is 0 Å². The van der Waals surface area contributed by atoms with Crippen LogP contribution in [0.5, 0.6) is 0 Å². The zero-order valence-electron chi connectivity index (χ0n) is 34.2. The van der Waals surface area contributed by atoms with E-state index in [0.29, 0.717) is 5.92 Å². The summed E-state index contributed by atoms with van der Waals surface area (Å²) in [6.45, 7) is 25.3. The molecule has 10 unspecified atom stereocenters. The molecule has 0 heterocycles. The van der Waals surface area contributed by atoms with Crippen molar-refractivity contribution in [2.45, 2.75) is 127 Å². The van der Waals surface area contributed by atoms with E-state index >= 15 is 0 Å². The minimum Gasteiger partial charge on any atom is -1.00 e. The Morgan fingerprint density at radius 1 is 0.692 bits per heavy atom. The molecule has 10 atom stereocenters. The van der Waals surface area contributed by atoms with Crippen molar-refractivity contribution in [1.82, 2.24) is 0 Å². The average Bonchev–Trinajstić information content (AvgIpc) is 3.94. The van der Waals surface area contributed by atoms with E-state index in [1.54, 1.807) is 24.2 Å². The molecule has 52 heavy (non-hydrogen) atoms. The van der Waals surface area contributed by atoms with E-state index in [9.17, 15) is 0 Å². The van der Waals surface area contributed by atoms with E-state index < -0.39 is 0 Å². The summed E-state index contributed by atoms with van der Waals surface area (Å²) >= 11 is 1.73. The zero-order chi connectivity index (χ0) is 36.2. The maximum Gasteiger partial charge on any atom is 0.00455 e. The molecule has 0 nitrogen and oxygen atoms in total. The summed E-state index contributed by atoms with van der Waals surface area (Å²) in [6, 6.07) is 0. The van der Waals surface area contributed by atoms with Crippen LogP contribution in [0.15, 0.2) is 90.6 Å². The molecular formula is C49H68Cl2Zr-2. The van der Waals surface area contributed by atoms with Crippen molar-refractivity contribution in [1.29, 1.82) is 0 Å². The molecule has 0 aliphatic heterocycles. The summed E-state index contributed by atoms with van der Waals surface area (Å²) in [7, 11) is 0. The molecule has 0 aromatic heterocycles. The van der Waals surface area contributed by atoms with E-state index in [4.69, 9.17) is 0 Å². The Labute approximate surface area is 347 Å². The first-order valence-electron chi connectivity index (χ1n) is 20.4. The van der Waals surface area contributed by atoms with E-state index in [1.807, 2.05) is 15.4 Å². The molecule has 8 aliphatic carbocycles. The van der Waals surface area contributed by atoms with Gasteiger partial charge in [0.2, 0.25) is 0 Å². The quantitative estimate of drug-likeness (QED) is 0.261. The minimum atomic E-state index is 0. The van der Waals surface area contributed by atoms with E-state index in [0.717, 1.165) is 30.1 Å². The number of rotatable bonds is 4. The van der Waals surface area contributed by atoms with Crippen LogP contribution in [-0.4, -0.2) is 3.21 Å². The molecule has 0 radical (unpaired) electrons. The number of allylic oxidation sites excluding steroid dienone is 16. The summed E-state index contributed by atoms with van der Waals surface area (Å²) in [5.41, 5.74) is 1.73. The predicted molar refractivity (Wildman–Crippen MR) is 213 cm³/mol. The molecule has 8 rings (SSSR count). The van der Waals surface area contributed by atoms with Gasteiger partial charge in [-0.1, -0.05) is 115 Å². The SMILES string of the molecule is CC([C](=[Zr+2])C(C)C1CCCC1)C1CCCC1.CC1=CC=CC2[CH-]C3(C)C4(C)C=CC=CC4(C)C4(C)C=CC=CC4(C)C3(C)C12C.[C-]1=CC=CC1.[Cl-].[Cl-]. The van der Waals surface area contributed by atoms with Gasteiger partial charge in [0.25, 0.3) is 0 Å². The molecule has 0 aromatic carbocycles. The van der Waals surface area contributed by atoms with E-state index in [-0.39, 0.29) is 62.7 Å². The third kappa shape index (κ3) is 6.00. The monoisotopic (exact) mass is 816 g/mol. The van der Waals surface area contributed by atoms with Crippen molar-refractivity contribution in [2.75, 3.05) is 0 Å². The van der Waals surface area contributed by atoms with Crippen LogP contribution in [-0.2, 0) is 24.2 Å². The van der Waals surface area contributed by atoms with Gasteiger partial charge in [0, 0.05) is 10.8 Å². The summed E-state index contributed by atoms with van der Waals surface area (Å²) in [5, 5.41) is 0. The van der Waals surface area contributed by atoms with Crippen LogP contribution >= 0.6 is 0 Å². The fraction of sp³-hybridized carbons (Fsp3) is 0.633. The van der Waals surface area contributed by atoms with Gasteiger partial charge >= 0.3 is 116 Å². The summed E-state index contributed by atoms with van der Waals surface area (Å²) in [4.78, 5) is 0. The van der Waals surface area contributed by atoms with Crippen LogP contribution in [0.3, 0.4) is 0 Å². The fourth-order valence-electron chi connectivity index (χ4n) is 13.4. The molecule has 8 aliphatic rings. The van der Waals surface area contributed by atoms with Gasteiger partial charge in [-0.3, -0.25) is 6.08 Å². The van der Waals surface area contributed by atoms with Crippen LogP contribution in [0.2, 0.25) is 0 Å². The molecule has 4 fully saturated rings. The first-order chi connectivity index (χ1) is 23.6. The molecule has 0 spiro atoms. The molecular weight excluding hydrogens is 751 g/mol. The standard InChI is InChI=1S/C29H37.C15H26.C5H5.2ClH.Zr/c1-21-14-13-15-22-20-27(6)25(4)18-10-9-16-23(25,2)24(3)17-11-12-19-26(24,5)29(27,8)28(21,22)7;1-12(14-7-3-4-8-14)11-13(2)15-9-5-6-10-15;1-2-4-5-3-1;;;/h9-20,22H,1-8H3;12-15H,3-10H2,1-2H3;1-3H,4H2;2*1H;/q-1;;-1;;;+2/p-2. The number of fused-ring (bicyclic) bond motifs is 8. The van der Waals surface area contributed by atoms with Gasteiger partial charge in [-0.05, 0) is 28.6 Å². The number of halogens is 2. The second-order valence-corrected chi connectivity index (χ2v) is 20.2. The van der Waals surface area contributed by atoms with Gasteiger partial charge in [0.1, 0.15) is 0 Å². The summed E-state index contributed by atoms with van der Waals surface area (Å²) in [6.07, 6.45) is 51.3. The van der Waals surface area contributed by atoms with Gasteiger partial charge in [-0.2, -0.15) is 6.08 Å². The van der Waals surface area contributed by atoms with Crippen LogP contribution in [0, 0.1) is 80.0 Å². The average molecular weight is 819 g/mol. The van der Waals surface area contributed by atoms with Gasteiger partial charge in [-0.25, -0.2) is 12.2 Å². The molecule has 0 saturated heterocycles. The summed E-state index contributed by atoms with van der Waals surface area (Å²) < 4.78 is 1.91. The molecule has 0 amide bonds. The van der Waals surface area contributed by atoms with Crippen LogP contribution in [0.1, 0.15) is 127 Å². The Balaban J connectivity index is 0.000000221. The maximum atomic E-state index is 2.99. The topological polar surface area (TPSA) is 0 Å². The van der Waals surface area contributed by atoms with E-state index in [1.165, 1.54) is 56.9 Å². The Morgan fingerprint density at radius 2 is 1.15 bits per heavy atom. The van der Waals surface area contributed by atoms with Crippen molar-refractivity contribution in [3.8, 4) is 0 Å². The second-order valence-electron chi connectivity index (χ2n) is 18.8. The minimum absolute atomic E-state index is 0. The third-order valence-electron chi connectivity index (χ3n) is 17.8. The zero-order valence-corrected chi connectivity index (χ0v) is 38.1. The predicted octanol–water partition coefficient (Wildman–Crippen LogP) is 7.32. The number of hydrogen-bond donors (Lipinski definition) is 0. The molecule has 4 saturated carbocycles. The number of hydrogen-bond acceptors (Lipinski definition) is 0. The first kappa shape index (κ1) is 44.0. The Kier molecular flexibility index (Phi) is 13.5. The molecule has 3 heteroatoms. The Bertz CT molecular complexity index is 1530. The van der Waals surface area contributed by atoms with Crippen molar-refractivity contribution in [3.05, 3.63) is 103 Å². The molecule has 0 N–H and O–H groups in total. The molecule has 0 bridgehead atoms. The van der Waals surface area contributed by atoms with Crippen LogP contribution in [0.25, 0.3) is 0 Å². The van der Waals surface area contributed by atoms with Crippen LogP contribution in [0.4, 0.5) is 0 Å². The molecule has 0 aromatic rings. The maximum absolute atomic E-state index is 2.99.